The molecule has 5 atom stereocenters. The number of benzene rings is 1. The van der Waals surface area contributed by atoms with Crippen LogP contribution in [-0.4, -0.2) is 59.0 Å². The molecule has 7 N–H and O–H groups in total. The highest BCUT2D eigenvalue weighted by molar-refractivity contribution is 7.54. The number of nitrogens with one attached hydrogen (secondary N) is 2. The lowest BCUT2D eigenvalue weighted by Gasteiger charge is -2.27. The van der Waals surface area contributed by atoms with Crippen LogP contribution in [0, 0.1) is 0 Å². The number of nitrogens with two attached hydrogens (primary N) is 1. The van der Waals surface area contributed by atoms with Gasteiger partial charge in [0.1, 0.15) is 17.8 Å². The minimum absolute atomic E-state index is 0.0327. The fourth-order valence-corrected chi connectivity index (χ4v) is 4.26. The van der Waals surface area contributed by atoms with E-state index in [9.17, 15) is 24.5 Å². The zero-order chi connectivity index (χ0) is 22.4. The molecule has 0 amide bonds. The maximum absolute atomic E-state index is 12.3. The Morgan fingerprint density at radius 2 is 2.13 bits per heavy atom. The van der Waals surface area contributed by atoms with Crippen molar-refractivity contribution >= 4 is 30.5 Å². The van der Waals surface area contributed by atoms with E-state index in [2.05, 4.69) is 20.0 Å². The average molecular weight is 452 g/mol. The standard InChI is InChI=1S/C17H21N6O7P/c1-17(26)12(24)10(7-29-31(27,28)22-9-5-3-2-4-6-9)30-15(17)23-8-19-11-13(23)20-16(18)21-14(11)25/h2-6,8,10,12,15,24,26H,7H2,1H3,(H2,22,27,28)(H3,18,20,21,25)/t10-,12-,15-,17-/m0/s1. The van der Waals surface area contributed by atoms with E-state index in [0.717, 1.165) is 0 Å². The molecule has 0 aliphatic carbocycles. The molecule has 2 aromatic heterocycles. The van der Waals surface area contributed by atoms with Gasteiger partial charge in [-0.1, -0.05) is 18.2 Å². The number of aliphatic hydroxyl groups excluding tert-OH is 1. The van der Waals surface area contributed by atoms with Crippen molar-refractivity contribution in [2.45, 2.75) is 31.0 Å². The quantitative estimate of drug-likeness (QED) is 0.274. The van der Waals surface area contributed by atoms with Crippen molar-refractivity contribution in [1.29, 1.82) is 0 Å². The van der Waals surface area contributed by atoms with Crippen LogP contribution in [0.25, 0.3) is 11.2 Å². The summed E-state index contributed by atoms with van der Waals surface area (Å²) in [6.45, 7) is 0.801. The average Bonchev–Trinajstić information content (AvgIpc) is 3.20. The van der Waals surface area contributed by atoms with Crippen molar-refractivity contribution in [3.63, 3.8) is 0 Å². The number of para-hydroxylation sites is 1. The van der Waals surface area contributed by atoms with Gasteiger partial charge in [0.05, 0.1) is 12.9 Å². The van der Waals surface area contributed by atoms with Crippen LogP contribution >= 0.6 is 7.75 Å². The molecule has 3 aromatic rings. The van der Waals surface area contributed by atoms with Gasteiger partial charge in [0, 0.05) is 5.69 Å². The first-order chi connectivity index (χ1) is 14.6. The number of ether oxygens (including phenoxy) is 1. The predicted molar refractivity (Wildman–Crippen MR) is 109 cm³/mol. The Hall–Kier alpha value is -2.80. The summed E-state index contributed by atoms with van der Waals surface area (Å²) < 4.78 is 24.3. The lowest BCUT2D eigenvalue weighted by molar-refractivity contribution is -0.0948. The molecule has 0 saturated carbocycles. The number of aliphatic hydroxyl groups is 2. The molecule has 3 heterocycles. The molecule has 0 bridgehead atoms. The largest absolute Gasteiger partial charge is 0.430 e. The van der Waals surface area contributed by atoms with Gasteiger partial charge in [0.2, 0.25) is 5.95 Å². The van der Waals surface area contributed by atoms with E-state index in [1.165, 1.54) is 17.8 Å². The van der Waals surface area contributed by atoms with Crippen LogP contribution in [0.15, 0.2) is 41.5 Å². The molecule has 13 nitrogen and oxygen atoms in total. The van der Waals surface area contributed by atoms with Crippen LogP contribution in [-0.2, 0) is 13.8 Å². The maximum Gasteiger partial charge on any atom is 0.430 e. The molecule has 4 rings (SSSR count). The normalized spacial score (nSPS) is 27.9. The van der Waals surface area contributed by atoms with Gasteiger partial charge < -0.3 is 25.6 Å². The number of aromatic nitrogens is 4. The van der Waals surface area contributed by atoms with E-state index in [0.29, 0.717) is 5.69 Å². The molecule has 1 aliphatic rings. The zero-order valence-corrected chi connectivity index (χ0v) is 17.1. The van der Waals surface area contributed by atoms with Crippen LogP contribution in [0.1, 0.15) is 13.2 Å². The molecule has 1 unspecified atom stereocenters. The minimum Gasteiger partial charge on any atom is -0.387 e. The third-order valence-electron chi connectivity index (χ3n) is 4.92. The number of imidazole rings is 1. The van der Waals surface area contributed by atoms with Crippen LogP contribution in [0.4, 0.5) is 11.6 Å². The smallest absolute Gasteiger partial charge is 0.387 e. The molecule has 0 spiro atoms. The first kappa shape index (κ1) is 21.4. The highest BCUT2D eigenvalue weighted by atomic mass is 31.2. The third-order valence-corrected chi connectivity index (χ3v) is 5.96. The Morgan fingerprint density at radius 3 is 2.84 bits per heavy atom. The van der Waals surface area contributed by atoms with Gasteiger partial charge in [0.25, 0.3) is 5.56 Å². The Kier molecular flexibility index (Phi) is 5.33. The Morgan fingerprint density at radius 1 is 1.42 bits per heavy atom. The first-order valence-corrected chi connectivity index (χ1v) is 10.7. The Labute approximate surface area is 175 Å². The number of aromatic amines is 1. The van der Waals surface area contributed by atoms with Gasteiger partial charge in [-0.05, 0) is 19.1 Å². The van der Waals surface area contributed by atoms with E-state index < -0.39 is 43.9 Å². The Balaban J connectivity index is 1.53. The van der Waals surface area contributed by atoms with E-state index in [1.54, 1.807) is 30.3 Å². The summed E-state index contributed by atoms with van der Waals surface area (Å²) in [7, 11) is -4.28. The summed E-state index contributed by atoms with van der Waals surface area (Å²) in [6.07, 6.45) is -2.68. The van der Waals surface area contributed by atoms with Gasteiger partial charge in [-0.15, -0.1) is 0 Å². The summed E-state index contributed by atoms with van der Waals surface area (Å²) >= 11 is 0. The van der Waals surface area contributed by atoms with Crippen molar-refractivity contribution in [3.8, 4) is 0 Å². The lowest BCUT2D eigenvalue weighted by atomic mass is 9.96. The summed E-state index contributed by atoms with van der Waals surface area (Å²) in [5.41, 5.74) is 3.52. The molecule has 0 radical (unpaired) electrons. The first-order valence-electron chi connectivity index (χ1n) is 9.17. The highest BCUT2D eigenvalue weighted by Crippen LogP contribution is 2.45. The van der Waals surface area contributed by atoms with Gasteiger partial charge in [0.15, 0.2) is 17.4 Å². The van der Waals surface area contributed by atoms with Gasteiger partial charge in [-0.3, -0.25) is 24.0 Å². The van der Waals surface area contributed by atoms with Crippen molar-refractivity contribution in [3.05, 3.63) is 47.0 Å². The molecule has 1 aliphatic heterocycles. The fourth-order valence-electron chi connectivity index (χ4n) is 3.38. The summed E-state index contributed by atoms with van der Waals surface area (Å²) in [5, 5.41) is 23.8. The van der Waals surface area contributed by atoms with Gasteiger partial charge >= 0.3 is 7.75 Å². The molecule has 14 heteroatoms. The molecular formula is C17H21N6O7P. The second kappa shape index (κ2) is 7.71. The molecule has 1 aromatic carbocycles. The number of hydrogen-bond acceptors (Lipinski definition) is 9. The van der Waals surface area contributed by atoms with E-state index in [4.69, 9.17) is 15.0 Å². The van der Waals surface area contributed by atoms with Gasteiger partial charge in [-0.25, -0.2) is 9.55 Å². The maximum atomic E-state index is 12.3. The van der Waals surface area contributed by atoms with Crippen molar-refractivity contribution in [2.24, 2.45) is 0 Å². The van der Waals surface area contributed by atoms with Crippen molar-refractivity contribution in [1.82, 2.24) is 19.5 Å². The zero-order valence-electron chi connectivity index (χ0n) is 16.2. The van der Waals surface area contributed by atoms with Crippen molar-refractivity contribution < 1.29 is 28.9 Å². The molecule has 1 saturated heterocycles. The monoisotopic (exact) mass is 452 g/mol. The molecule has 166 valence electrons. The summed E-state index contributed by atoms with van der Waals surface area (Å²) in [4.78, 5) is 32.3. The lowest BCUT2D eigenvalue weighted by Crippen LogP contribution is -2.44. The summed E-state index contributed by atoms with van der Waals surface area (Å²) in [6, 6.07) is 8.26. The molecule has 1 fully saturated rings. The topological polar surface area (TPSA) is 198 Å². The number of anilines is 2. The third kappa shape index (κ3) is 4.06. The molecule has 31 heavy (non-hydrogen) atoms. The van der Waals surface area contributed by atoms with E-state index in [1.807, 2.05) is 0 Å². The number of rotatable bonds is 6. The second-order valence-corrected chi connectivity index (χ2v) is 8.79. The number of hydrogen-bond donors (Lipinski definition) is 6. The van der Waals surface area contributed by atoms with Crippen LogP contribution in [0.5, 0.6) is 0 Å². The molecular weight excluding hydrogens is 431 g/mol. The number of nitrogen functional groups attached to an aromatic ring is 1. The fraction of sp³-hybridized carbons (Fsp3) is 0.353. The van der Waals surface area contributed by atoms with Crippen molar-refractivity contribution in [2.75, 3.05) is 17.4 Å². The minimum atomic E-state index is -4.28. The number of H-pyrrole nitrogens is 1. The van der Waals surface area contributed by atoms with Crippen LogP contribution < -0.4 is 16.4 Å². The SMILES string of the molecule is C[C@@]1(O)[C@@H](n2cnc3c(=O)[nH]c(N)nc32)O[C@@H](COP(=O)(O)Nc2ccccc2)[C@@H]1O. The number of fused-ring (bicyclic) bond motifs is 1. The van der Waals surface area contributed by atoms with E-state index in [-0.39, 0.29) is 17.1 Å². The van der Waals surface area contributed by atoms with Crippen LogP contribution in [0.3, 0.4) is 0 Å². The van der Waals surface area contributed by atoms with Crippen LogP contribution in [0.2, 0.25) is 0 Å². The Bertz CT molecular complexity index is 1200. The predicted octanol–water partition coefficient (Wildman–Crippen LogP) is -0.0598. The summed E-state index contributed by atoms with van der Waals surface area (Å²) in [5.74, 6) is -0.162. The number of nitrogens with zero attached hydrogens (tertiary/aromatic N) is 3. The van der Waals surface area contributed by atoms with Gasteiger partial charge in [-0.2, -0.15) is 4.98 Å². The second-order valence-electron chi connectivity index (χ2n) is 7.27. The highest BCUT2D eigenvalue weighted by Gasteiger charge is 2.54. The van der Waals surface area contributed by atoms with E-state index >= 15 is 0 Å².